The predicted octanol–water partition coefficient (Wildman–Crippen LogP) is 4.88. The zero-order chi connectivity index (χ0) is 18.2. The van der Waals surface area contributed by atoms with E-state index in [4.69, 9.17) is 9.47 Å². The summed E-state index contributed by atoms with van der Waals surface area (Å²) in [6, 6.07) is 18.1. The van der Waals surface area contributed by atoms with Crippen molar-refractivity contribution in [1.82, 2.24) is 4.98 Å². The summed E-state index contributed by atoms with van der Waals surface area (Å²) in [5.41, 5.74) is 1.89. The average molecular weight is 359 g/mol. The topological polar surface area (TPSA) is 51.3 Å². The van der Waals surface area contributed by atoms with E-state index < -0.39 is 0 Å². The number of pyridine rings is 1. The van der Waals surface area contributed by atoms with Crippen LogP contribution in [-0.4, -0.2) is 17.9 Å². The lowest BCUT2D eigenvalue weighted by Gasteiger charge is -2.23. The van der Waals surface area contributed by atoms with Gasteiger partial charge in [0.15, 0.2) is 6.29 Å². The normalized spacial score (nSPS) is 17.7. The van der Waals surface area contributed by atoms with Gasteiger partial charge in [-0.15, -0.1) is 0 Å². The second kappa shape index (κ2) is 6.80. The Morgan fingerprint density at radius 1 is 1.00 bits per heavy atom. The van der Waals surface area contributed by atoms with E-state index in [-0.39, 0.29) is 11.8 Å². The number of rotatable bonds is 3. The molecule has 4 nitrogen and oxygen atoms in total. The maximum atomic E-state index is 12.6. The first-order valence-corrected chi connectivity index (χ1v) is 9.50. The van der Waals surface area contributed by atoms with E-state index in [9.17, 15) is 4.79 Å². The van der Waals surface area contributed by atoms with Gasteiger partial charge in [-0.25, -0.2) is 0 Å². The molecule has 1 aliphatic heterocycles. The monoisotopic (exact) mass is 359 g/mol. The molecule has 1 N–H and O–H groups in total. The molecule has 0 radical (unpaired) electrons. The molecule has 0 bridgehead atoms. The Labute approximate surface area is 156 Å². The first kappa shape index (κ1) is 16.5. The SMILES string of the molecule is O=c1[nH]c2c3ccccc3cc(COC3CCCCO3)c2c2ccccc12. The number of aromatic amines is 1. The summed E-state index contributed by atoms with van der Waals surface area (Å²) in [6.07, 6.45) is 3.03. The quantitative estimate of drug-likeness (QED) is 0.531. The number of fused-ring (bicyclic) bond motifs is 5. The molecule has 1 fully saturated rings. The van der Waals surface area contributed by atoms with Crippen molar-refractivity contribution in [3.05, 3.63) is 70.5 Å². The molecule has 27 heavy (non-hydrogen) atoms. The van der Waals surface area contributed by atoms with Gasteiger partial charge in [0.25, 0.3) is 5.56 Å². The highest BCUT2D eigenvalue weighted by molar-refractivity contribution is 6.16. The fraction of sp³-hybridized carbons (Fsp3) is 0.261. The zero-order valence-electron chi connectivity index (χ0n) is 15.0. The van der Waals surface area contributed by atoms with Crippen LogP contribution in [0, 0.1) is 0 Å². The third kappa shape index (κ3) is 2.91. The minimum absolute atomic E-state index is 0.0584. The van der Waals surface area contributed by atoms with E-state index >= 15 is 0 Å². The fourth-order valence-electron chi connectivity index (χ4n) is 4.06. The summed E-state index contributed by atoms with van der Waals surface area (Å²) in [5.74, 6) is 0. The molecule has 0 saturated carbocycles. The third-order valence-electron chi connectivity index (χ3n) is 5.37. The second-order valence-corrected chi connectivity index (χ2v) is 7.11. The molecule has 1 atom stereocenters. The molecule has 4 aromatic rings. The lowest BCUT2D eigenvalue weighted by Crippen LogP contribution is -2.22. The molecule has 1 aliphatic rings. The number of ether oxygens (including phenoxy) is 2. The summed E-state index contributed by atoms with van der Waals surface area (Å²) in [5, 5.41) is 4.87. The lowest BCUT2D eigenvalue weighted by atomic mass is 9.97. The Morgan fingerprint density at radius 3 is 2.59 bits per heavy atom. The molecule has 1 unspecified atom stereocenters. The number of H-pyrrole nitrogens is 1. The van der Waals surface area contributed by atoms with Crippen molar-refractivity contribution in [2.75, 3.05) is 6.61 Å². The number of hydrogen-bond donors (Lipinski definition) is 1. The van der Waals surface area contributed by atoms with Crippen LogP contribution in [0.15, 0.2) is 59.4 Å². The first-order chi connectivity index (χ1) is 13.3. The summed E-state index contributed by atoms with van der Waals surface area (Å²) in [6.45, 7) is 1.22. The van der Waals surface area contributed by atoms with E-state index in [2.05, 4.69) is 23.2 Å². The van der Waals surface area contributed by atoms with Crippen LogP contribution in [0.25, 0.3) is 32.4 Å². The maximum absolute atomic E-state index is 12.6. The van der Waals surface area contributed by atoms with Gasteiger partial charge in [0.1, 0.15) is 0 Å². The number of benzene rings is 3. The van der Waals surface area contributed by atoms with Crippen molar-refractivity contribution < 1.29 is 9.47 Å². The summed E-state index contributed by atoms with van der Waals surface area (Å²) in [7, 11) is 0. The lowest BCUT2D eigenvalue weighted by molar-refractivity contribution is -0.168. The number of aromatic nitrogens is 1. The molecule has 0 amide bonds. The van der Waals surface area contributed by atoms with Crippen LogP contribution in [0.3, 0.4) is 0 Å². The second-order valence-electron chi connectivity index (χ2n) is 7.11. The predicted molar refractivity (Wildman–Crippen MR) is 108 cm³/mol. The maximum Gasteiger partial charge on any atom is 0.256 e. The van der Waals surface area contributed by atoms with Crippen LogP contribution in [-0.2, 0) is 16.1 Å². The van der Waals surface area contributed by atoms with E-state index in [0.29, 0.717) is 12.0 Å². The molecular formula is C23H21NO3. The van der Waals surface area contributed by atoms with Crippen molar-refractivity contribution in [2.24, 2.45) is 0 Å². The van der Waals surface area contributed by atoms with Crippen LogP contribution in [0.2, 0.25) is 0 Å². The molecule has 0 aliphatic carbocycles. The van der Waals surface area contributed by atoms with Crippen molar-refractivity contribution in [3.8, 4) is 0 Å². The highest BCUT2D eigenvalue weighted by Gasteiger charge is 2.17. The van der Waals surface area contributed by atoms with Gasteiger partial charge in [0.05, 0.1) is 12.1 Å². The van der Waals surface area contributed by atoms with Crippen molar-refractivity contribution in [2.45, 2.75) is 32.2 Å². The highest BCUT2D eigenvalue weighted by atomic mass is 16.7. The van der Waals surface area contributed by atoms with E-state index in [1.165, 1.54) is 0 Å². The van der Waals surface area contributed by atoms with Gasteiger partial charge in [-0.1, -0.05) is 42.5 Å². The van der Waals surface area contributed by atoms with E-state index in [0.717, 1.165) is 58.5 Å². The van der Waals surface area contributed by atoms with Crippen molar-refractivity contribution in [1.29, 1.82) is 0 Å². The smallest absolute Gasteiger partial charge is 0.256 e. The minimum atomic E-state index is -0.144. The molecule has 5 rings (SSSR count). The highest BCUT2D eigenvalue weighted by Crippen LogP contribution is 2.32. The van der Waals surface area contributed by atoms with Gasteiger partial charge in [0, 0.05) is 22.8 Å². The van der Waals surface area contributed by atoms with Gasteiger partial charge in [-0.05, 0) is 47.7 Å². The molecule has 2 heterocycles. The van der Waals surface area contributed by atoms with Gasteiger partial charge in [-0.3, -0.25) is 4.79 Å². The molecule has 1 saturated heterocycles. The van der Waals surface area contributed by atoms with Gasteiger partial charge in [-0.2, -0.15) is 0 Å². The van der Waals surface area contributed by atoms with Crippen LogP contribution in [0.1, 0.15) is 24.8 Å². The Balaban J connectivity index is 1.74. The number of hydrogen-bond acceptors (Lipinski definition) is 3. The summed E-state index contributed by atoms with van der Waals surface area (Å²) in [4.78, 5) is 15.8. The first-order valence-electron chi connectivity index (χ1n) is 9.50. The fourth-order valence-corrected chi connectivity index (χ4v) is 4.06. The molecule has 1 aromatic heterocycles. The zero-order valence-corrected chi connectivity index (χ0v) is 15.0. The van der Waals surface area contributed by atoms with E-state index in [1.807, 2.05) is 36.4 Å². The standard InChI is InChI=1S/C23H21NO3/c25-23-19-10-4-3-9-18(19)21-16(14-27-20-11-5-6-12-26-20)13-15-7-1-2-8-17(15)22(21)24-23/h1-4,7-10,13,20H,5-6,11-12,14H2,(H,24,25). The molecule has 3 aromatic carbocycles. The van der Waals surface area contributed by atoms with Crippen LogP contribution in [0.4, 0.5) is 0 Å². The Morgan fingerprint density at radius 2 is 1.78 bits per heavy atom. The Hall–Kier alpha value is -2.69. The molecule has 136 valence electrons. The average Bonchev–Trinajstić information content (AvgIpc) is 2.73. The minimum Gasteiger partial charge on any atom is -0.353 e. The Bertz CT molecular complexity index is 1190. The third-order valence-corrected chi connectivity index (χ3v) is 5.37. The molecular weight excluding hydrogens is 338 g/mol. The van der Waals surface area contributed by atoms with Crippen LogP contribution < -0.4 is 5.56 Å². The van der Waals surface area contributed by atoms with Gasteiger partial charge >= 0.3 is 0 Å². The van der Waals surface area contributed by atoms with Crippen LogP contribution >= 0.6 is 0 Å². The van der Waals surface area contributed by atoms with E-state index in [1.54, 1.807) is 0 Å². The van der Waals surface area contributed by atoms with Crippen LogP contribution in [0.5, 0.6) is 0 Å². The summed E-state index contributed by atoms with van der Waals surface area (Å²) >= 11 is 0. The van der Waals surface area contributed by atoms with Crippen molar-refractivity contribution >= 4 is 32.4 Å². The van der Waals surface area contributed by atoms with Gasteiger partial charge < -0.3 is 14.5 Å². The Kier molecular flexibility index (Phi) is 4.15. The summed E-state index contributed by atoms with van der Waals surface area (Å²) < 4.78 is 11.8. The van der Waals surface area contributed by atoms with Crippen molar-refractivity contribution in [3.63, 3.8) is 0 Å². The van der Waals surface area contributed by atoms with Gasteiger partial charge in [0.2, 0.25) is 0 Å². The largest absolute Gasteiger partial charge is 0.353 e. The molecule has 0 spiro atoms. The molecule has 4 heteroatoms. The number of nitrogens with one attached hydrogen (secondary N) is 1.